The van der Waals surface area contributed by atoms with Crippen LogP contribution in [0.25, 0.3) is 0 Å². The second-order valence-electron chi connectivity index (χ2n) is 7.62. The van der Waals surface area contributed by atoms with Crippen LogP contribution in [0.5, 0.6) is 0 Å². The minimum absolute atomic E-state index is 0.0152. The Morgan fingerprint density at radius 3 is 2.35 bits per heavy atom. The van der Waals surface area contributed by atoms with Gasteiger partial charge in [0, 0.05) is 45.9 Å². The van der Waals surface area contributed by atoms with E-state index < -0.39 is 0 Å². The van der Waals surface area contributed by atoms with Gasteiger partial charge in [0.25, 0.3) is 5.91 Å². The van der Waals surface area contributed by atoms with Gasteiger partial charge in [-0.15, -0.1) is 0 Å². The number of aryl methyl sites for hydroxylation is 1. The molecule has 0 atom stereocenters. The van der Waals surface area contributed by atoms with Crippen LogP contribution < -0.4 is 15.5 Å². The summed E-state index contributed by atoms with van der Waals surface area (Å²) in [5, 5.41) is 6.76. The number of nitrogens with one attached hydrogen (secondary N) is 2. The average Bonchev–Trinajstić information content (AvgIpc) is 3.11. The number of fused-ring (bicyclic) bond motifs is 1. The Bertz CT molecular complexity index is 1250. The molecule has 5 rings (SSSR count). The van der Waals surface area contributed by atoms with Gasteiger partial charge in [0.1, 0.15) is 0 Å². The molecule has 31 heavy (non-hydrogen) atoms. The zero-order valence-electron chi connectivity index (χ0n) is 17.2. The monoisotopic (exact) mass is 406 g/mol. The van der Waals surface area contributed by atoms with Gasteiger partial charge in [-0.05, 0) is 67.1 Å². The summed E-state index contributed by atoms with van der Waals surface area (Å²) in [4.78, 5) is 19.2. The van der Waals surface area contributed by atoms with E-state index in [1.54, 1.807) is 6.20 Å². The zero-order valence-corrected chi connectivity index (χ0v) is 17.2. The van der Waals surface area contributed by atoms with Crippen LogP contribution in [-0.2, 0) is 6.54 Å². The molecule has 0 saturated heterocycles. The summed E-state index contributed by atoms with van der Waals surface area (Å²) in [6, 6.07) is 27.8. The SMILES string of the molecule is Cc1cc(Nc2ccc3c(c2)C(=O)N(c2cccc(Nc4ccccc4)c2)C3)ccn1. The highest BCUT2D eigenvalue weighted by molar-refractivity contribution is 6.10. The van der Waals surface area contributed by atoms with Crippen LogP contribution in [0.15, 0.2) is 91.1 Å². The average molecular weight is 406 g/mol. The normalized spacial score (nSPS) is 12.5. The lowest BCUT2D eigenvalue weighted by Gasteiger charge is -2.17. The van der Waals surface area contributed by atoms with Crippen molar-refractivity contribution in [2.75, 3.05) is 15.5 Å². The van der Waals surface area contributed by atoms with Gasteiger partial charge < -0.3 is 15.5 Å². The third-order valence-corrected chi connectivity index (χ3v) is 5.32. The molecule has 1 amide bonds. The molecule has 0 aliphatic carbocycles. The number of carbonyl (C=O) groups excluding carboxylic acids is 1. The van der Waals surface area contributed by atoms with Gasteiger partial charge in [-0.1, -0.05) is 30.3 Å². The van der Waals surface area contributed by atoms with Crippen molar-refractivity contribution in [2.24, 2.45) is 0 Å². The lowest BCUT2D eigenvalue weighted by molar-refractivity contribution is 0.0996. The van der Waals surface area contributed by atoms with Crippen LogP contribution in [0.4, 0.5) is 28.4 Å². The number of hydrogen-bond donors (Lipinski definition) is 2. The first-order chi connectivity index (χ1) is 15.2. The highest BCUT2D eigenvalue weighted by Gasteiger charge is 2.28. The van der Waals surface area contributed by atoms with Gasteiger partial charge >= 0.3 is 0 Å². The number of rotatable bonds is 5. The van der Waals surface area contributed by atoms with Crippen molar-refractivity contribution in [1.82, 2.24) is 4.98 Å². The van der Waals surface area contributed by atoms with Crippen molar-refractivity contribution in [3.8, 4) is 0 Å². The molecule has 2 heterocycles. The lowest BCUT2D eigenvalue weighted by Crippen LogP contribution is -2.22. The summed E-state index contributed by atoms with van der Waals surface area (Å²) in [5.74, 6) is 0.0152. The van der Waals surface area contributed by atoms with Gasteiger partial charge in [-0.3, -0.25) is 9.78 Å². The van der Waals surface area contributed by atoms with Crippen molar-refractivity contribution < 1.29 is 4.79 Å². The molecule has 0 radical (unpaired) electrons. The Kier molecular flexibility index (Phi) is 4.84. The standard InChI is InChI=1S/C26H22N4O/c1-18-14-23(12-13-27-18)29-22-11-10-19-17-30(26(31)25(19)16-22)24-9-5-8-21(15-24)28-20-6-3-2-4-7-20/h2-16,28H,17H2,1H3,(H,27,29). The first-order valence-electron chi connectivity index (χ1n) is 10.2. The third kappa shape index (κ3) is 3.98. The molecule has 0 unspecified atom stereocenters. The van der Waals surface area contributed by atoms with Crippen LogP contribution in [-0.4, -0.2) is 10.9 Å². The molecular formula is C26H22N4O. The largest absolute Gasteiger partial charge is 0.355 e. The molecule has 3 aromatic carbocycles. The third-order valence-electron chi connectivity index (χ3n) is 5.32. The van der Waals surface area contributed by atoms with E-state index >= 15 is 0 Å². The molecule has 0 fully saturated rings. The molecule has 1 aliphatic heterocycles. The number of carbonyl (C=O) groups is 1. The van der Waals surface area contributed by atoms with Crippen molar-refractivity contribution >= 4 is 34.3 Å². The first-order valence-corrected chi connectivity index (χ1v) is 10.2. The van der Waals surface area contributed by atoms with Gasteiger partial charge in [0.15, 0.2) is 0 Å². The molecule has 1 aliphatic rings. The molecule has 5 nitrogen and oxygen atoms in total. The minimum Gasteiger partial charge on any atom is -0.355 e. The van der Waals surface area contributed by atoms with E-state index in [9.17, 15) is 4.79 Å². The number of nitrogens with zero attached hydrogens (tertiary/aromatic N) is 2. The Morgan fingerprint density at radius 1 is 0.774 bits per heavy atom. The summed E-state index contributed by atoms with van der Waals surface area (Å²) in [5.41, 5.74) is 7.38. The topological polar surface area (TPSA) is 57.3 Å². The molecule has 0 spiro atoms. The Balaban J connectivity index is 1.37. The van der Waals surface area contributed by atoms with E-state index in [1.165, 1.54) is 0 Å². The summed E-state index contributed by atoms with van der Waals surface area (Å²) in [7, 11) is 0. The number of pyridine rings is 1. The van der Waals surface area contributed by atoms with Gasteiger partial charge in [0.05, 0.1) is 6.54 Å². The summed E-state index contributed by atoms with van der Waals surface area (Å²) in [6.45, 7) is 2.52. The van der Waals surface area contributed by atoms with Gasteiger partial charge in [-0.25, -0.2) is 0 Å². The second-order valence-corrected chi connectivity index (χ2v) is 7.62. The fraction of sp³-hybridized carbons (Fsp3) is 0.0769. The molecule has 152 valence electrons. The molecule has 0 bridgehead atoms. The summed E-state index contributed by atoms with van der Waals surface area (Å²) in [6.07, 6.45) is 1.77. The molecule has 4 aromatic rings. The zero-order chi connectivity index (χ0) is 21.2. The van der Waals surface area contributed by atoms with Crippen LogP contribution in [0, 0.1) is 6.92 Å². The van der Waals surface area contributed by atoms with Crippen molar-refractivity contribution in [3.05, 3.63) is 108 Å². The fourth-order valence-corrected chi connectivity index (χ4v) is 3.82. The van der Waals surface area contributed by atoms with Gasteiger partial charge in [-0.2, -0.15) is 0 Å². The van der Waals surface area contributed by atoms with Crippen molar-refractivity contribution in [3.63, 3.8) is 0 Å². The maximum atomic E-state index is 13.2. The summed E-state index contributed by atoms with van der Waals surface area (Å²) < 4.78 is 0. The first kappa shape index (κ1) is 18.9. The minimum atomic E-state index is 0.0152. The second kappa shape index (κ2) is 7.95. The fourth-order valence-electron chi connectivity index (χ4n) is 3.82. The van der Waals surface area contributed by atoms with Gasteiger partial charge in [0.2, 0.25) is 0 Å². The van der Waals surface area contributed by atoms with Crippen LogP contribution >= 0.6 is 0 Å². The van der Waals surface area contributed by atoms with E-state index in [1.807, 2.05) is 96.8 Å². The van der Waals surface area contributed by atoms with Crippen molar-refractivity contribution in [1.29, 1.82) is 0 Å². The van der Waals surface area contributed by atoms with E-state index in [0.29, 0.717) is 6.54 Å². The quantitative estimate of drug-likeness (QED) is 0.424. The Hall–Kier alpha value is -4.12. The highest BCUT2D eigenvalue weighted by atomic mass is 16.2. The smallest absolute Gasteiger partial charge is 0.259 e. The summed E-state index contributed by atoms with van der Waals surface area (Å²) >= 11 is 0. The van der Waals surface area contributed by atoms with Crippen LogP contribution in [0.3, 0.4) is 0 Å². The predicted octanol–water partition coefficient (Wildman–Crippen LogP) is 6.04. The number of amides is 1. The number of aromatic nitrogens is 1. The molecular weight excluding hydrogens is 384 g/mol. The van der Waals surface area contributed by atoms with Crippen LogP contribution in [0.2, 0.25) is 0 Å². The molecule has 5 heteroatoms. The number of benzene rings is 3. The van der Waals surface area contributed by atoms with E-state index in [2.05, 4.69) is 15.6 Å². The van der Waals surface area contributed by atoms with E-state index in [0.717, 1.165) is 45.3 Å². The highest BCUT2D eigenvalue weighted by Crippen LogP contribution is 2.32. The maximum Gasteiger partial charge on any atom is 0.259 e. The molecule has 0 saturated carbocycles. The van der Waals surface area contributed by atoms with E-state index in [4.69, 9.17) is 0 Å². The number of hydrogen-bond acceptors (Lipinski definition) is 4. The van der Waals surface area contributed by atoms with E-state index in [-0.39, 0.29) is 5.91 Å². The number of anilines is 5. The lowest BCUT2D eigenvalue weighted by atomic mass is 10.1. The maximum absolute atomic E-state index is 13.2. The Labute approximate surface area is 181 Å². The Morgan fingerprint density at radius 2 is 1.52 bits per heavy atom. The molecule has 1 aromatic heterocycles. The molecule has 2 N–H and O–H groups in total. The predicted molar refractivity (Wildman–Crippen MR) is 125 cm³/mol. The number of para-hydroxylation sites is 1. The van der Waals surface area contributed by atoms with Crippen molar-refractivity contribution in [2.45, 2.75) is 13.5 Å². The van der Waals surface area contributed by atoms with Crippen LogP contribution in [0.1, 0.15) is 21.6 Å².